The van der Waals surface area contributed by atoms with Crippen LogP contribution in [0.4, 0.5) is 0 Å². The van der Waals surface area contributed by atoms with Gasteiger partial charge in [-0.15, -0.1) is 0 Å². The Kier molecular flexibility index (Phi) is 8.00. The molecule has 1 aliphatic heterocycles. The van der Waals surface area contributed by atoms with Crippen LogP contribution in [0, 0.1) is 5.92 Å². The van der Waals surface area contributed by atoms with E-state index < -0.39 is 0 Å². The molecule has 0 radical (unpaired) electrons. The minimum absolute atomic E-state index is 0.00770. The lowest BCUT2D eigenvalue weighted by atomic mass is 9.96. The topological polar surface area (TPSA) is 50.8 Å². The highest BCUT2D eigenvalue weighted by molar-refractivity contribution is 6.31. The maximum atomic E-state index is 12.8. The highest BCUT2D eigenvalue weighted by atomic mass is 35.5. The summed E-state index contributed by atoms with van der Waals surface area (Å²) < 4.78 is 11.2. The fourth-order valence-corrected chi connectivity index (χ4v) is 3.98. The van der Waals surface area contributed by atoms with E-state index in [-0.39, 0.29) is 17.9 Å². The Balaban J connectivity index is 1.55. The normalized spacial score (nSPS) is 17.0. The molecule has 0 aliphatic carbocycles. The number of carbonyl (C=O) groups excluding carboxylic acids is 1. The molecule has 30 heavy (non-hydrogen) atoms. The van der Waals surface area contributed by atoms with Crippen LogP contribution < -0.4 is 14.8 Å². The van der Waals surface area contributed by atoms with Gasteiger partial charge in [-0.2, -0.15) is 0 Å². The molecule has 5 nitrogen and oxygen atoms in total. The van der Waals surface area contributed by atoms with Gasteiger partial charge in [-0.25, -0.2) is 0 Å². The third-order valence-electron chi connectivity index (χ3n) is 5.29. The van der Waals surface area contributed by atoms with E-state index in [0.29, 0.717) is 18.0 Å². The molecular formula is C24H31ClN2O3. The number of ether oxygens (including phenoxy) is 2. The molecule has 1 heterocycles. The van der Waals surface area contributed by atoms with Gasteiger partial charge in [0.15, 0.2) is 11.5 Å². The summed E-state index contributed by atoms with van der Waals surface area (Å²) in [6, 6.07) is 13.7. The SMILES string of the molecule is COc1cc(CNC(=O)[C@H]2CCCN(Cc3ccccc3Cl)C2)ccc1OC(C)C. The van der Waals surface area contributed by atoms with Gasteiger partial charge in [-0.3, -0.25) is 9.69 Å². The highest BCUT2D eigenvalue weighted by Crippen LogP contribution is 2.29. The minimum atomic E-state index is -0.00770. The van der Waals surface area contributed by atoms with Gasteiger partial charge >= 0.3 is 0 Å². The van der Waals surface area contributed by atoms with Crippen molar-refractivity contribution in [1.29, 1.82) is 0 Å². The molecule has 3 rings (SSSR count). The average Bonchev–Trinajstić information content (AvgIpc) is 2.74. The van der Waals surface area contributed by atoms with E-state index in [9.17, 15) is 4.79 Å². The average molecular weight is 431 g/mol. The molecular weight excluding hydrogens is 400 g/mol. The van der Waals surface area contributed by atoms with E-state index in [1.165, 1.54) is 0 Å². The van der Waals surface area contributed by atoms with Crippen molar-refractivity contribution < 1.29 is 14.3 Å². The zero-order chi connectivity index (χ0) is 21.5. The lowest BCUT2D eigenvalue weighted by molar-refractivity contribution is -0.126. The third-order valence-corrected chi connectivity index (χ3v) is 5.65. The van der Waals surface area contributed by atoms with E-state index in [0.717, 1.165) is 48.6 Å². The van der Waals surface area contributed by atoms with Gasteiger partial charge in [0.05, 0.1) is 19.1 Å². The number of hydrogen-bond donors (Lipinski definition) is 1. The number of nitrogens with one attached hydrogen (secondary N) is 1. The predicted octanol–water partition coefficient (Wildman–Crippen LogP) is 4.66. The van der Waals surface area contributed by atoms with Crippen LogP contribution in [0.5, 0.6) is 11.5 Å². The minimum Gasteiger partial charge on any atom is -0.493 e. The van der Waals surface area contributed by atoms with E-state index in [1.54, 1.807) is 7.11 Å². The Morgan fingerprint density at radius 1 is 1.23 bits per heavy atom. The summed E-state index contributed by atoms with van der Waals surface area (Å²) >= 11 is 6.30. The van der Waals surface area contributed by atoms with Crippen molar-refractivity contribution in [3.8, 4) is 11.5 Å². The predicted molar refractivity (Wildman–Crippen MR) is 120 cm³/mol. The number of methoxy groups -OCH3 is 1. The molecule has 0 saturated carbocycles. The van der Waals surface area contributed by atoms with Crippen LogP contribution in [-0.2, 0) is 17.9 Å². The standard InChI is InChI=1S/C24H31ClN2O3/c1-17(2)30-22-11-10-18(13-23(22)29-3)14-26-24(28)20-8-6-12-27(16-20)15-19-7-4-5-9-21(19)25/h4-5,7,9-11,13,17,20H,6,8,12,14-16H2,1-3H3,(H,26,28)/t20-/m0/s1. The van der Waals surface area contributed by atoms with E-state index in [4.69, 9.17) is 21.1 Å². The number of hydrogen-bond acceptors (Lipinski definition) is 4. The van der Waals surface area contributed by atoms with E-state index in [1.807, 2.05) is 56.3 Å². The highest BCUT2D eigenvalue weighted by Gasteiger charge is 2.26. The summed E-state index contributed by atoms with van der Waals surface area (Å²) in [6.45, 7) is 6.95. The second-order valence-electron chi connectivity index (χ2n) is 8.04. The van der Waals surface area contributed by atoms with E-state index in [2.05, 4.69) is 10.2 Å². The molecule has 0 unspecified atom stereocenters. The van der Waals surface area contributed by atoms with Gasteiger partial charge < -0.3 is 14.8 Å². The molecule has 162 valence electrons. The Hall–Kier alpha value is -2.24. The van der Waals surface area contributed by atoms with Crippen LogP contribution >= 0.6 is 11.6 Å². The van der Waals surface area contributed by atoms with Crippen molar-refractivity contribution in [2.24, 2.45) is 5.92 Å². The lowest BCUT2D eigenvalue weighted by Crippen LogP contribution is -2.42. The second-order valence-corrected chi connectivity index (χ2v) is 8.44. The third kappa shape index (κ3) is 6.13. The van der Waals surface area contributed by atoms with Crippen LogP contribution in [0.3, 0.4) is 0 Å². The maximum absolute atomic E-state index is 12.8. The molecule has 1 saturated heterocycles. The number of benzene rings is 2. The number of amides is 1. The Morgan fingerprint density at radius 2 is 2.03 bits per heavy atom. The first-order valence-corrected chi connectivity index (χ1v) is 10.9. The van der Waals surface area contributed by atoms with Crippen molar-refractivity contribution in [1.82, 2.24) is 10.2 Å². The fraction of sp³-hybridized carbons (Fsp3) is 0.458. The summed E-state index contributed by atoms with van der Waals surface area (Å²) in [6.07, 6.45) is 2.00. The summed E-state index contributed by atoms with van der Waals surface area (Å²) in [5.74, 6) is 1.48. The molecule has 1 fully saturated rings. The van der Waals surface area contributed by atoms with Crippen molar-refractivity contribution in [3.63, 3.8) is 0 Å². The summed E-state index contributed by atoms with van der Waals surface area (Å²) in [5, 5.41) is 3.87. The fourth-order valence-electron chi connectivity index (χ4n) is 3.79. The molecule has 2 aromatic rings. The number of nitrogens with zero attached hydrogens (tertiary/aromatic N) is 1. The van der Waals surface area contributed by atoms with Gasteiger partial charge in [0.25, 0.3) is 0 Å². The first-order valence-electron chi connectivity index (χ1n) is 10.5. The zero-order valence-electron chi connectivity index (χ0n) is 18.0. The Morgan fingerprint density at radius 3 is 2.77 bits per heavy atom. The number of halogens is 1. The van der Waals surface area contributed by atoms with Gasteiger partial charge in [0.1, 0.15) is 0 Å². The molecule has 0 aromatic heterocycles. The summed E-state index contributed by atoms with van der Waals surface area (Å²) in [7, 11) is 1.63. The molecule has 1 N–H and O–H groups in total. The van der Waals surface area contributed by atoms with Crippen molar-refractivity contribution in [3.05, 3.63) is 58.6 Å². The van der Waals surface area contributed by atoms with Crippen molar-refractivity contribution in [2.45, 2.75) is 45.9 Å². The second kappa shape index (κ2) is 10.7. The molecule has 0 bridgehead atoms. The van der Waals surface area contributed by atoms with Crippen molar-refractivity contribution >= 4 is 17.5 Å². The van der Waals surface area contributed by atoms with Crippen LogP contribution in [-0.4, -0.2) is 37.1 Å². The Labute approximate surface area is 184 Å². The monoisotopic (exact) mass is 430 g/mol. The van der Waals surface area contributed by atoms with Crippen LogP contribution in [0.25, 0.3) is 0 Å². The largest absolute Gasteiger partial charge is 0.493 e. The molecule has 0 spiro atoms. The molecule has 1 amide bonds. The lowest BCUT2D eigenvalue weighted by Gasteiger charge is -2.32. The number of piperidine rings is 1. The van der Waals surface area contributed by atoms with Gasteiger partial charge in [-0.05, 0) is 62.6 Å². The maximum Gasteiger partial charge on any atom is 0.224 e. The quantitative estimate of drug-likeness (QED) is 0.661. The summed E-state index contributed by atoms with van der Waals surface area (Å²) in [4.78, 5) is 15.1. The Bertz CT molecular complexity index is 856. The van der Waals surface area contributed by atoms with Crippen LogP contribution in [0.15, 0.2) is 42.5 Å². The van der Waals surface area contributed by atoms with Gasteiger partial charge in [0.2, 0.25) is 5.91 Å². The van der Waals surface area contributed by atoms with E-state index >= 15 is 0 Å². The number of rotatable bonds is 8. The van der Waals surface area contributed by atoms with Gasteiger partial charge in [-0.1, -0.05) is 35.9 Å². The smallest absolute Gasteiger partial charge is 0.224 e. The molecule has 1 atom stereocenters. The van der Waals surface area contributed by atoms with Crippen LogP contribution in [0.2, 0.25) is 5.02 Å². The zero-order valence-corrected chi connectivity index (χ0v) is 18.7. The first-order chi connectivity index (χ1) is 14.5. The van der Waals surface area contributed by atoms with Gasteiger partial charge in [0, 0.05) is 24.7 Å². The molecule has 1 aliphatic rings. The first kappa shape index (κ1) is 22.4. The summed E-state index contributed by atoms with van der Waals surface area (Å²) in [5.41, 5.74) is 2.09. The molecule has 6 heteroatoms. The van der Waals surface area contributed by atoms with Crippen LogP contribution in [0.1, 0.15) is 37.8 Å². The number of carbonyl (C=O) groups is 1. The number of likely N-dealkylation sites (tertiary alicyclic amines) is 1. The van der Waals surface area contributed by atoms with Crippen molar-refractivity contribution in [2.75, 3.05) is 20.2 Å². The molecule has 2 aromatic carbocycles.